The van der Waals surface area contributed by atoms with Crippen LogP contribution in [0.15, 0.2) is 24.5 Å². The topological polar surface area (TPSA) is 68.7 Å². The fourth-order valence-corrected chi connectivity index (χ4v) is 4.39. The van der Waals surface area contributed by atoms with Gasteiger partial charge in [-0.2, -0.15) is 0 Å². The second-order valence-electron chi connectivity index (χ2n) is 7.09. The molecule has 0 spiro atoms. The SMILES string of the molecule is CN(C(=O)[C@@H]1N[C@@H]2C[C@H]1C[C@H]2O)C1CCN(c2ccncc2)C1. The van der Waals surface area contributed by atoms with Crippen molar-refractivity contribution >= 4 is 11.6 Å². The summed E-state index contributed by atoms with van der Waals surface area (Å²) in [5.41, 5.74) is 1.17. The Morgan fingerprint density at radius 3 is 2.83 bits per heavy atom. The Balaban J connectivity index is 1.38. The van der Waals surface area contributed by atoms with E-state index in [2.05, 4.69) is 15.2 Å². The number of carbonyl (C=O) groups is 1. The summed E-state index contributed by atoms with van der Waals surface area (Å²) in [7, 11) is 1.92. The van der Waals surface area contributed by atoms with E-state index in [9.17, 15) is 9.90 Å². The Labute approximate surface area is 136 Å². The molecule has 2 N–H and O–H groups in total. The molecule has 2 saturated heterocycles. The van der Waals surface area contributed by atoms with Gasteiger partial charge in [-0.25, -0.2) is 0 Å². The molecule has 124 valence electrons. The Hall–Kier alpha value is -1.66. The van der Waals surface area contributed by atoms with Gasteiger partial charge in [-0.3, -0.25) is 9.78 Å². The maximum absolute atomic E-state index is 12.8. The van der Waals surface area contributed by atoms with Crippen molar-refractivity contribution in [3.05, 3.63) is 24.5 Å². The standard InChI is InChI=1S/C17H24N4O2/c1-20(17(23)16-11-8-14(19-16)15(22)9-11)13-4-7-21(10-13)12-2-5-18-6-3-12/h2-3,5-6,11,13-16,19,22H,4,7-10H2,1H3/t11-,13?,14+,15+,16+/m0/s1. The lowest BCUT2D eigenvalue weighted by Crippen LogP contribution is -2.54. The van der Waals surface area contributed by atoms with Crippen LogP contribution in [-0.2, 0) is 4.79 Å². The zero-order chi connectivity index (χ0) is 16.0. The van der Waals surface area contributed by atoms with Crippen molar-refractivity contribution in [3.63, 3.8) is 0 Å². The van der Waals surface area contributed by atoms with Gasteiger partial charge in [0, 0.05) is 44.3 Å². The van der Waals surface area contributed by atoms with Crippen LogP contribution >= 0.6 is 0 Å². The number of nitrogens with zero attached hydrogens (tertiary/aromatic N) is 3. The van der Waals surface area contributed by atoms with Crippen LogP contribution < -0.4 is 10.2 Å². The van der Waals surface area contributed by atoms with Crippen LogP contribution in [0.4, 0.5) is 5.69 Å². The van der Waals surface area contributed by atoms with Crippen LogP contribution in [-0.4, -0.2) is 65.3 Å². The molecule has 1 aliphatic carbocycles. The normalized spacial score (nSPS) is 35.7. The Morgan fingerprint density at radius 2 is 2.17 bits per heavy atom. The molecule has 2 bridgehead atoms. The highest BCUT2D eigenvalue weighted by atomic mass is 16.3. The summed E-state index contributed by atoms with van der Waals surface area (Å²) >= 11 is 0. The van der Waals surface area contributed by atoms with Gasteiger partial charge in [0.15, 0.2) is 0 Å². The van der Waals surface area contributed by atoms with Crippen LogP contribution in [0.25, 0.3) is 0 Å². The van der Waals surface area contributed by atoms with E-state index >= 15 is 0 Å². The van der Waals surface area contributed by atoms with Crippen molar-refractivity contribution < 1.29 is 9.90 Å². The van der Waals surface area contributed by atoms with Crippen LogP contribution in [0.3, 0.4) is 0 Å². The quantitative estimate of drug-likeness (QED) is 0.835. The second kappa shape index (κ2) is 5.76. The van der Waals surface area contributed by atoms with Gasteiger partial charge in [-0.1, -0.05) is 0 Å². The van der Waals surface area contributed by atoms with Crippen LogP contribution in [0.5, 0.6) is 0 Å². The minimum absolute atomic E-state index is 0.108. The van der Waals surface area contributed by atoms with Gasteiger partial charge in [0.1, 0.15) is 0 Å². The van der Waals surface area contributed by atoms with Crippen molar-refractivity contribution in [2.75, 3.05) is 25.0 Å². The third-order valence-electron chi connectivity index (χ3n) is 5.78. The maximum atomic E-state index is 12.8. The first-order valence-corrected chi connectivity index (χ1v) is 8.49. The minimum Gasteiger partial charge on any atom is -0.391 e. The van der Waals surface area contributed by atoms with E-state index in [0.717, 1.165) is 32.4 Å². The number of rotatable bonds is 3. The lowest BCUT2D eigenvalue weighted by Gasteiger charge is -2.32. The van der Waals surface area contributed by atoms with Gasteiger partial charge in [0.2, 0.25) is 5.91 Å². The fourth-order valence-electron chi connectivity index (χ4n) is 4.39. The second-order valence-corrected chi connectivity index (χ2v) is 7.09. The number of aliphatic hydroxyl groups is 1. The Bertz CT molecular complexity index is 579. The first-order chi connectivity index (χ1) is 11.1. The molecular formula is C17H24N4O2. The van der Waals surface area contributed by atoms with Crippen molar-refractivity contribution in [3.8, 4) is 0 Å². The van der Waals surface area contributed by atoms with Crippen LogP contribution in [0.1, 0.15) is 19.3 Å². The molecule has 6 heteroatoms. The first kappa shape index (κ1) is 14.9. The fraction of sp³-hybridized carbons (Fsp3) is 0.647. The van der Waals surface area contributed by atoms with Gasteiger partial charge in [-0.05, 0) is 37.3 Å². The number of anilines is 1. The predicted molar refractivity (Wildman–Crippen MR) is 87.1 cm³/mol. The number of nitrogens with one attached hydrogen (secondary N) is 1. The monoisotopic (exact) mass is 316 g/mol. The number of likely N-dealkylation sites (N-methyl/N-ethyl adjacent to an activating group) is 1. The number of piperidine rings is 1. The number of amides is 1. The number of aromatic nitrogens is 1. The minimum atomic E-state index is -0.275. The van der Waals surface area contributed by atoms with Crippen molar-refractivity contribution in [1.82, 2.24) is 15.2 Å². The zero-order valence-corrected chi connectivity index (χ0v) is 13.4. The largest absolute Gasteiger partial charge is 0.391 e. The van der Waals surface area contributed by atoms with Crippen molar-refractivity contribution in [1.29, 1.82) is 0 Å². The molecule has 23 heavy (non-hydrogen) atoms. The maximum Gasteiger partial charge on any atom is 0.240 e. The molecule has 0 aromatic carbocycles. The molecule has 3 heterocycles. The Kier molecular flexibility index (Phi) is 3.73. The van der Waals surface area contributed by atoms with Gasteiger partial charge in [0.25, 0.3) is 0 Å². The van der Waals surface area contributed by atoms with E-state index in [1.807, 2.05) is 36.5 Å². The molecule has 1 aromatic heterocycles. The third kappa shape index (κ3) is 2.60. The average Bonchev–Trinajstić information content (AvgIpc) is 3.29. The third-order valence-corrected chi connectivity index (χ3v) is 5.78. The summed E-state index contributed by atoms with van der Waals surface area (Å²) in [5.74, 6) is 0.480. The highest BCUT2D eigenvalue weighted by Crippen LogP contribution is 2.36. The average molecular weight is 316 g/mol. The molecule has 6 nitrogen and oxygen atoms in total. The molecule has 1 saturated carbocycles. The van der Waals surface area contributed by atoms with E-state index in [1.54, 1.807) is 0 Å². The molecule has 1 amide bonds. The molecule has 2 aliphatic heterocycles. The van der Waals surface area contributed by atoms with E-state index in [-0.39, 0.29) is 30.1 Å². The van der Waals surface area contributed by atoms with E-state index in [0.29, 0.717) is 5.92 Å². The lowest BCUT2D eigenvalue weighted by molar-refractivity contribution is -0.135. The molecule has 4 rings (SSSR count). The molecule has 1 unspecified atom stereocenters. The summed E-state index contributed by atoms with van der Waals surface area (Å²) in [5, 5.41) is 13.2. The highest BCUT2D eigenvalue weighted by molar-refractivity contribution is 5.83. The summed E-state index contributed by atoms with van der Waals surface area (Å²) in [6, 6.07) is 4.29. The number of pyridine rings is 1. The molecular weight excluding hydrogens is 292 g/mol. The van der Waals surface area contributed by atoms with Crippen LogP contribution in [0.2, 0.25) is 0 Å². The number of aliphatic hydroxyl groups excluding tert-OH is 1. The highest BCUT2D eigenvalue weighted by Gasteiger charge is 2.49. The van der Waals surface area contributed by atoms with E-state index in [4.69, 9.17) is 0 Å². The summed E-state index contributed by atoms with van der Waals surface area (Å²) in [4.78, 5) is 21.1. The van der Waals surface area contributed by atoms with Crippen molar-refractivity contribution in [2.24, 2.45) is 5.92 Å². The number of carbonyl (C=O) groups excluding carboxylic acids is 1. The van der Waals surface area contributed by atoms with Gasteiger partial charge in [-0.15, -0.1) is 0 Å². The zero-order valence-electron chi connectivity index (χ0n) is 13.4. The van der Waals surface area contributed by atoms with Gasteiger partial charge >= 0.3 is 0 Å². The van der Waals surface area contributed by atoms with Gasteiger partial charge < -0.3 is 20.2 Å². The molecule has 3 aliphatic rings. The molecule has 5 atom stereocenters. The van der Waals surface area contributed by atoms with Crippen molar-refractivity contribution in [2.45, 2.75) is 43.5 Å². The van der Waals surface area contributed by atoms with Gasteiger partial charge in [0.05, 0.1) is 18.2 Å². The summed E-state index contributed by atoms with van der Waals surface area (Å²) in [6.45, 7) is 1.84. The van der Waals surface area contributed by atoms with E-state index < -0.39 is 0 Å². The predicted octanol–water partition coefficient (Wildman–Crippen LogP) is 0.230. The molecule has 1 aromatic rings. The first-order valence-electron chi connectivity index (χ1n) is 8.49. The number of fused-ring (bicyclic) bond motifs is 2. The number of hydrogen-bond donors (Lipinski definition) is 2. The summed E-state index contributed by atoms with van der Waals surface area (Å²) < 4.78 is 0. The molecule has 3 fully saturated rings. The smallest absolute Gasteiger partial charge is 0.240 e. The summed E-state index contributed by atoms with van der Waals surface area (Å²) in [6.07, 6.45) is 6.02. The number of hydrogen-bond acceptors (Lipinski definition) is 5. The molecule has 0 radical (unpaired) electrons. The van der Waals surface area contributed by atoms with E-state index in [1.165, 1.54) is 5.69 Å². The van der Waals surface area contributed by atoms with Crippen LogP contribution in [0, 0.1) is 5.92 Å². The Morgan fingerprint density at radius 1 is 1.39 bits per heavy atom. The lowest BCUT2D eigenvalue weighted by atomic mass is 9.97.